The van der Waals surface area contributed by atoms with Crippen LogP contribution in [0, 0.1) is 5.92 Å². The fourth-order valence-electron chi connectivity index (χ4n) is 5.44. The number of aliphatic hydroxyl groups is 1. The van der Waals surface area contributed by atoms with Crippen LogP contribution in [0.5, 0.6) is 5.75 Å². The first kappa shape index (κ1) is 35.7. The second-order valence-electron chi connectivity index (χ2n) is 12.2. The van der Waals surface area contributed by atoms with E-state index in [1.165, 1.54) is 4.90 Å². The molecular weight excluding hydrogens is 612 g/mol. The Balaban J connectivity index is 1.42. The summed E-state index contributed by atoms with van der Waals surface area (Å²) in [4.78, 5) is 55.3. The summed E-state index contributed by atoms with van der Waals surface area (Å²) in [7, 11) is 1.67. The Labute approximate surface area is 281 Å². The summed E-state index contributed by atoms with van der Waals surface area (Å²) in [6.07, 6.45) is 1.79. The molecule has 3 atom stereocenters. The van der Waals surface area contributed by atoms with E-state index in [0.717, 1.165) is 0 Å². The van der Waals surface area contributed by atoms with Crippen LogP contribution in [0.25, 0.3) is 0 Å². The Kier molecular flexibility index (Phi) is 12.8. The summed E-state index contributed by atoms with van der Waals surface area (Å²) in [5.41, 5.74) is 8.23. The van der Waals surface area contributed by atoms with E-state index in [2.05, 4.69) is 16.0 Å². The highest BCUT2D eigenvalue weighted by atomic mass is 16.5. The number of carbonyl (C=O) groups is 4. The molecule has 1 heterocycles. The molecule has 5 amide bonds. The summed E-state index contributed by atoms with van der Waals surface area (Å²) in [5, 5.41) is 18.5. The number of fused-ring (bicyclic) bond motifs is 1. The molecule has 4 rings (SSSR count). The minimum atomic E-state index is -0.549. The van der Waals surface area contributed by atoms with E-state index in [-0.39, 0.29) is 60.6 Å². The molecule has 3 aromatic rings. The van der Waals surface area contributed by atoms with Gasteiger partial charge in [0.05, 0.1) is 41.8 Å². The average molecular weight is 659 g/mol. The number of urea groups is 1. The normalized spacial score (nSPS) is 16.4. The van der Waals surface area contributed by atoms with Crippen molar-refractivity contribution in [2.24, 2.45) is 5.92 Å². The molecule has 6 N–H and O–H groups in total. The predicted octanol–water partition coefficient (Wildman–Crippen LogP) is 5.18. The fraction of sp³-hybridized carbons (Fsp3) is 0.389. The number of hydrogen-bond acceptors (Lipinski definition) is 7. The van der Waals surface area contributed by atoms with Crippen molar-refractivity contribution in [1.29, 1.82) is 0 Å². The van der Waals surface area contributed by atoms with Gasteiger partial charge in [0, 0.05) is 38.0 Å². The molecule has 3 aromatic carbocycles. The third-order valence-corrected chi connectivity index (χ3v) is 8.33. The van der Waals surface area contributed by atoms with Crippen molar-refractivity contribution in [3.8, 4) is 5.75 Å². The maximum Gasteiger partial charge on any atom is 0.321 e. The Morgan fingerprint density at radius 3 is 2.21 bits per heavy atom. The van der Waals surface area contributed by atoms with Gasteiger partial charge < -0.3 is 41.3 Å². The molecule has 0 saturated heterocycles. The van der Waals surface area contributed by atoms with Crippen LogP contribution in [-0.4, -0.2) is 77.5 Å². The van der Waals surface area contributed by atoms with Crippen molar-refractivity contribution in [3.63, 3.8) is 0 Å². The summed E-state index contributed by atoms with van der Waals surface area (Å²) in [6, 6.07) is 20.4. The maximum atomic E-state index is 13.8. The largest absolute Gasteiger partial charge is 0.485 e. The van der Waals surface area contributed by atoms with E-state index < -0.39 is 12.1 Å². The van der Waals surface area contributed by atoms with Gasteiger partial charge >= 0.3 is 6.03 Å². The molecule has 256 valence electrons. The lowest BCUT2D eigenvalue weighted by Crippen LogP contribution is -2.50. The van der Waals surface area contributed by atoms with Gasteiger partial charge in [-0.05, 0) is 56.2 Å². The quantitative estimate of drug-likeness (QED) is 0.125. The monoisotopic (exact) mass is 658 g/mol. The average Bonchev–Trinajstić information content (AvgIpc) is 3.07. The fourth-order valence-corrected chi connectivity index (χ4v) is 5.44. The van der Waals surface area contributed by atoms with E-state index in [4.69, 9.17) is 10.5 Å². The number of carbonyl (C=O) groups excluding carboxylic acids is 4. The number of likely N-dealkylation sites (N-methyl/N-ethyl adjacent to an activating group) is 1. The van der Waals surface area contributed by atoms with Crippen molar-refractivity contribution >= 4 is 46.5 Å². The van der Waals surface area contributed by atoms with Crippen LogP contribution < -0.4 is 26.4 Å². The molecule has 0 aromatic heterocycles. The number of nitrogen functional groups attached to an aromatic ring is 1. The number of rotatable bonds is 13. The van der Waals surface area contributed by atoms with Crippen LogP contribution in [0.3, 0.4) is 0 Å². The minimum absolute atomic E-state index is 0.140. The zero-order chi connectivity index (χ0) is 34.6. The lowest BCUT2D eigenvalue weighted by Gasteiger charge is -2.38. The van der Waals surface area contributed by atoms with Gasteiger partial charge in [0.25, 0.3) is 5.91 Å². The van der Waals surface area contributed by atoms with Gasteiger partial charge in [-0.25, -0.2) is 4.79 Å². The number of anilines is 4. The van der Waals surface area contributed by atoms with E-state index in [0.29, 0.717) is 55.0 Å². The third kappa shape index (κ3) is 9.71. The first-order valence-electron chi connectivity index (χ1n) is 16.3. The number of hydrogen-bond donors (Lipinski definition) is 5. The number of nitrogens with zero attached hydrogens (tertiary/aromatic N) is 2. The summed E-state index contributed by atoms with van der Waals surface area (Å²) in [6.45, 7) is 3.97. The molecule has 12 heteroatoms. The first-order valence-corrected chi connectivity index (χ1v) is 16.3. The second kappa shape index (κ2) is 17.2. The van der Waals surface area contributed by atoms with Gasteiger partial charge in [0.15, 0.2) is 5.75 Å². The topological polar surface area (TPSA) is 166 Å². The number of para-hydroxylation sites is 4. The maximum absolute atomic E-state index is 13.8. The van der Waals surface area contributed by atoms with Crippen molar-refractivity contribution in [2.45, 2.75) is 58.1 Å². The van der Waals surface area contributed by atoms with Gasteiger partial charge in [-0.2, -0.15) is 0 Å². The Morgan fingerprint density at radius 1 is 0.917 bits per heavy atom. The number of unbranched alkanes of at least 4 members (excludes halogenated alkanes) is 2. The molecule has 0 fully saturated rings. The van der Waals surface area contributed by atoms with E-state index in [9.17, 15) is 24.3 Å². The number of amides is 5. The van der Waals surface area contributed by atoms with Crippen LogP contribution in [0.2, 0.25) is 0 Å². The summed E-state index contributed by atoms with van der Waals surface area (Å²) in [5.74, 6) is -0.733. The Hall–Kier alpha value is -5.10. The molecule has 1 aliphatic rings. The molecule has 0 unspecified atom stereocenters. The lowest BCUT2D eigenvalue weighted by atomic mass is 9.99. The van der Waals surface area contributed by atoms with Gasteiger partial charge in [0.1, 0.15) is 6.10 Å². The molecule has 12 nitrogen and oxygen atoms in total. The van der Waals surface area contributed by atoms with Gasteiger partial charge in [0.2, 0.25) is 11.8 Å². The summed E-state index contributed by atoms with van der Waals surface area (Å²) >= 11 is 0. The molecule has 0 bridgehead atoms. The molecule has 1 aliphatic heterocycles. The molecule has 48 heavy (non-hydrogen) atoms. The van der Waals surface area contributed by atoms with Gasteiger partial charge in [-0.15, -0.1) is 0 Å². The zero-order valence-corrected chi connectivity index (χ0v) is 27.8. The molecular formula is C36H46N6O6. The standard InChI is InChI=1S/C36H46N6O6/c1-24-21-42(25(2)23-43)35(46)27-15-12-18-30(34(27)48-31(24)22-41(3)36(47)38-26-13-6-4-7-14-26)40-33(45)20-9-5-8-19-32(44)39-29-17-11-10-16-28(29)37/h4,6-7,10-18,24-25,31,43H,5,8-9,19-23,37H2,1-3H3,(H,38,47)(H,39,44)(H,40,45)/t24-,25+,31+/m1/s1. The van der Waals surface area contributed by atoms with Crippen molar-refractivity contribution in [2.75, 3.05) is 48.4 Å². The van der Waals surface area contributed by atoms with Gasteiger partial charge in [-0.1, -0.05) is 49.7 Å². The van der Waals surface area contributed by atoms with Crippen LogP contribution >= 0.6 is 0 Å². The Bertz CT molecular complexity index is 1570. The van der Waals surface area contributed by atoms with Crippen LogP contribution in [0.4, 0.5) is 27.5 Å². The lowest BCUT2D eigenvalue weighted by molar-refractivity contribution is -0.116. The Morgan fingerprint density at radius 2 is 1.54 bits per heavy atom. The number of benzene rings is 3. The highest BCUT2D eigenvalue weighted by Gasteiger charge is 2.35. The predicted molar refractivity (Wildman–Crippen MR) is 187 cm³/mol. The van der Waals surface area contributed by atoms with E-state index in [1.54, 1.807) is 73.5 Å². The molecule has 0 spiro atoms. The highest BCUT2D eigenvalue weighted by Crippen LogP contribution is 2.35. The number of aliphatic hydroxyl groups excluding tert-OH is 1. The van der Waals surface area contributed by atoms with Crippen LogP contribution in [0.15, 0.2) is 72.8 Å². The van der Waals surface area contributed by atoms with Crippen molar-refractivity contribution < 1.29 is 29.0 Å². The van der Waals surface area contributed by atoms with E-state index >= 15 is 0 Å². The molecule has 0 aliphatic carbocycles. The third-order valence-electron chi connectivity index (χ3n) is 8.33. The smallest absolute Gasteiger partial charge is 0.321 e. The SMILES string of the molecule is C[C@@H]1CN([C@@H](C)CO)C(=O)c2cccc(NC(=O)CCCCCC(=O)Nc3ccccc3N)c2O[C@H]1CN(C)C(=O)Nc1ccccc1. The second-order valence-corrected chi connectivity index (χ2v) is 12.2. The molecule has 0 saturated carbocycles. The van der Waals surface area contributed by atoms with E-state index in [1.807, 2.05) is 25.1 Å². The first-order chi connectivity index (χ1) is 23.1. The number of nitrogens with one attached hydrogen (secondary N) is 3. The number of nitrogens with two attached hydrogens (primary N) is 1. The highest BCUT2D eigenvalue weighted by molar-refractivity contribution is 6.01. The van der Waals surface area contributed by atoms with Crippen LogP contribution in [0.1, 0.15) is 56.3 Å². The minimum Gasteiger partial charge on any atom is -0.485 e. The van der Waals surface area contributed by atoms with Crippen LogP contribution in [-0.2, 0) is 9.59 Å². The van der Waals surface area contributed by atoms with Crippen molar-refractivity contribution in [1.82, 2.24) is 9.80 Å². The zero-order valence-electron chi connectivity index (χ0n) is 27.8. The van der Waals surface area contributed by atoms with Gasteiger partial charge in [-0.3, -0.25) is 14.4 Å². The summed E-state index contributed by atoms with van der Waals surface area (Å²) < 4.78 is 6.51. The molecule has 0 radical (unpaired) electrons. The van der Waals surface area contributed by atoms with Crippen molar-refractivity contribution in [3.05, 3.63) is 78.4 Å². The number of ether oxygens (including phenoxy) is 1.